The summed E-state index contributed by atoms with van der Waals surface area (Å²) in [5, 5.41) is 11.4. The Kier molecular flexibility index (Phi) is 6.07. The van der Waals surface area contributed by atoms with Crippen molar-refractivity contribution in [1.82, 2.24) is 0 Å². The van der Waals surface area contributed by atoms with Gasteiger partial charge in [0, 0.05) is 11.3 Å². The van der Waals surface area contributed by atoms with Crippen LogP contribution in [-0.2, 0) is 9.53 Å². The van der Waals surface area contributed by atoms with Gasteiger partial charge in [-0.15, -0.1) is 0 Å². The van der Waals surface area contributed by atoms with Gasteiger partial charge in [0.1, 0.15) is 13.2 Å². The Hall–Kier alpha value is -1.83. The zero-order chi connectivity index (χ0) is 14.3. The lowest BCUT2D eigenvalue weighted by atomic mass is 10.1. The van der Waals surface area contributed by atoms with Crippen molar-refractivity contribution in [2.75, 3.05) is 18.5 Å². The van der Waals surface area contributed by atoms with Crippen molar-refractivity contribution in [2.24, 2.45) is 0 Å². The summed E-state index contributed by atoms with van der Waals surface area (Å²) >= 11 is 0. The molecule has 0 spiro atoms. The second kappa shape index (κ2) is 7.57. The predicted molar refractivity (Wildman–Crippen MR) is 74.9 cm³/mol. The molecule has 0 atom stereocenters. The third kappa shape index (κ3) is 5.56. The van der Waals surface area contributed by atoms with E-state index in [-0.39, 0.29) is 25.2 Å². The van der Waals surface area contributed by atoms with E-state index in [9.17, 15) is 4.79 Å². The summed E-state index contributed by atoms with van der Waals surface area (Å²) in [6.07, 6.45) is 0.0311. The third-order valence-electron chi connectivity index (χ3n) is 2.36. The number of carbonyl (C=O) groups is 1. The number of hydrogen-bond acceptors (Lipinski definition) is 3. The molecule has 0 aliphatic carbocycles. The van der Waals surface area contributed by atoms with Gasteiger partial charge in [0.2, 0.25) is 5.91 Å². The van der Waals surface area contributed by atoms with Crippen LogP contribution in [0.5, 0.6) is 0 Å². The molecule has 1 amide bonds. The molecule has 0 aliphatic rings. The molecule has 4 heteroatoms. The minimum Gasteiger partial charge on any atom is -0.384 e. The van der Waals surface area contributed by atoms with Crippen LogP contribution >= 0.6 is 0 Å². The number of amides is 1. The van der Waals surface area contributed by atoms with E-state index in [1.54, 1.807) is 6.07 Å². The van der Waals surface area contributed by atoms with E-state index in [0.29, 0.717) is 5.69 Å². The standard InChI is InChI=1S/C15H19NO3/c1-11(2)19-10-15(18)16-14-7-6-13(5-4-8-17)12(3)9-14/h6-7,9,11,17H,8,10H2,1-3H3,(H,16,18). The maximum absolute atomic E-state index is 11.6. The van der Waals surface area contributed by atoms with Crippen LogP contribution in [0.1, 0.15) is 25.0 Å². The van der Waals surface area contributed by atoms with Gasteiger partial charge in [0.25, 0.3) is 0 Å². The summed E-state index contributed by atoms with van der Waals surface area (Å²) in [5.74, 6) is 5.26. The molecule has 0 aliphatic heterocycles. The van der Waals surface area contributed by atoms with Gasteiger partial charge in [-0.25, -0.2) is 0 Å². The highest BCUT2D eigenvalue weighted by Crippen LogP contribution is 2.14. The highest BCUT2D eigenvalue weighted by atomic mass is 16.5. The molecule has 0 saturated carbocycles. The van der Waals surface area contributed by atoms with Gasteiger partial charge in [0.15, 0.2) is 0 Å². The second-order valence-corrected chi connectivity index (χ2v) is 4.40. The van der Waals surface area contributed by atoms with Gasteiger partial charge in [-0.05, 0) is 44.5 Å². The smallest absolute Gasteiger partial charge is 0.250 e. The number of rotatable bonds is 4. The van der Waals surface area contributed by atoms with E-state index in [4.69, 9.17) is 9.84 Å². The minimum absolute atomic E-state index is 0.0311. The van der Waals surface area contributed by atoms with Crippen molar-refractivity contribution in [3.8, 4) is 11.8 Å². The molecule has 0 heterocycles. The molecule has 2 N–H and O–H groups in total. The molecule has 0 unspecified atom stereocenters. The molecule has 4 nitrogen and oxygen atoms in total. The Balaban J connectivity index is 2.65. The fraction of sp³-hybridized carbons (Fsp3) is 0.400. The lowest BCUT2D eigenvalue weighted by Gasteiger charge is -2.09. The average molecular weight is 261 g/mol. The summed E-state index contributed by atoms with van der Waals surface area (Å²) in [4.78, 5) is 11.6. The summed E-state index contributed by atoms with van der Waals surface area (Å²) in [7, 11) is 0. The van der Waals surface area contributed by atoms with E-state index in [1.807, 2.05) is 32.9 Å². The molecule has 0 bridgehead atoms. The van der Waals surface area contributed by atoms with Gasteiger partial charge < -0.3 is 15.2 Å². The first-order valence-electron chi connectivity index (χ1n) is 6.14. The van der Waals surface area contributed by atoms with E-state index >= 15 is 0 Å². The fourth-order valence-electron chi connectivity index (χ4n) is 1.46. The molecule has 19 heavy (non-hydrogen) atoms. The van der Waals surface area contributed by atoms with Gasteiger partial charge in [-0.3, -0.25) is 4.79 Å². The van der Waals surface area contributed by atoms with Crippen molar-refractivity contribution in [1.29, 1.82) is 0 Å². The van der Waals surface area contributed by atoms with Crippen molar-refractivity contribution in [3.05, 3.63) is 29.3 Å². The zero-order valence-corrected chi connectivity index (χ0v) is 11.5. The second-order valence-electron chi connectivity index (χ2n) is 4.40. The Labute approximate surface area is 113 Å². The molecular formula is C15H19NO3. The first kappa shape index (κ1) is 15.2. The number of aliphatic hydroxyl groups is 1. The SMILES string of the molecule is Cc1cc(NC(=O)COC(C)C)ccc1C#CCO. The van der Waals surface area contributed by atoms with Crippen LogP contribution in [0.15, 0.2) is 18.2 Å². The average Bonchev–Trinajstić information content (AvgIpc) is 2.35. The van der Waals surface area contributed by atoms with Crippen LogP contribution in [0.3, 0.4) is 0 Å². The summed E-state index contributed by atoms with van der Waals surface area (Å²) < 4.78 is 5.22. The van der Waals surface area contributed by atoms with E-state index < -0.39 is 0 Å². The molecule has 1 aromatic carbocycles. The normalized spacial score (nSPS) is 9.95. The molecule has 0 saturated heterocycles. The van der Waals surface area contributed by atoms with Crippen LogP contribution in [0, 0.1) is 18.8 Å². The Morgan fingerprint density at radius 1 is 1.47 bits per heavy atom. The largest absolute Gasteiger partial charge is 0.384 e. The number of aryl methyl sites for hydroxylation is 1. The van der Waals surface area contributed by atoms with E-state index in [2.05, 4.69) is 17.2 Å². The monoisotopic (exact) mass is 261 g/mol. The van der Waals surface area contributed by atoms with E-state index in [0.717, 1.165) is 11.1 Å². The number of benzene rings is 1. The minimum atomic E-state index is -0.178. The maximum Gasteiger partial charge on any atom is 0.250 e. The van der Waals surface area contributed by atoms with Gasteiger partial charge in [0.05, 0.1) is 6.10 Å². The van der Waals surface area contributed by atoms with Crippen molar-refractivity contribution in [2.45, 2.75) is 26.9 Å². The third-order valence-corrected chi connectivity index (χ3v) is 2.36. The Bertz CT molecular complexity index is 498. The first-order valence-corrected chi connectivity index (χ1v) is 6.14. The van der Waals surface area contributed by atoms with Crippen LogP contribution in [0.4, 0.5) is 5.69 Å². The molecule has 0 aromatic heterocycles. The predicted octanol–water partition coefficient (Wildman–Crippen LogP) is 1.70. The van der Waals surface area contributed by atoms with Gasteiger partial charge in [-0.1, -0.05) is 11.8 Å². The number of aliphatic hydroxyl groups excluding tert-OH is 1. The van der Waals surface area contributed by atoms with Crippen molar-refractivity contribution in [3.63, 3.8) is 0 Å². The quantitative estimate of drug-likeness (QED) is 0.811. The van der Waals surface area contributed by atoms with Crippen LogP contribution in [0.25, 0.3) is 0 Å². The van der Waals surface area contributed by atoms with Gasteiger partial charge >= 0.3 is 0 Å². The number of anilines is 1. The molecule has 1 rings (SSSR count). The zero-order valence-electron chi connectivity index (χ0n) is 11.5. The van der Waals surface area contributed by atoms with Crippen LogP contribution in [-0.4, -0.2) is 30.3 Å². The number of hydrogen-bond donors (Lipinski definition) is 2. The highest BCUT2D eigenvalue weighted by Gasteiger charge is 2.05. The lowest BCUT2D eigenvalue weighted by Crippen LogP contribution is -2.20. The highest BCUT2D eigenvalue weighted by molar-refractivity contribution is 5.91. The maximum atomic E-state index is 11.6. The topological polar surface area (TPSA) is 58.6 Å². The lowest BCUT2D eigenvalue weighted by molar-refractivity contribution is -0.121. The Morgan fingerprint density at radius 3 is 2.79 bits per heavy atom. The van der Waals surface area contributed by atoms with Gasteiger partial charge in [-0.2, -0.15) is 0 Å². The summed E-state index contributed by atoms with van der Waals surface area (Å²) in [5.41, 5.74) is 2.50. The molecular weight excluding hydrogens is 242 g/mol. The molecule has 0 radical (unpaired) electrons. The molecule has 102 valence electrons. The summed E-state index contributed by atoms with van der Waals surface area (Å²) in [6, 6.07) is 5.44. The van der Waals surface area contributed by atoms with Crippen molar-refractivity contribution < 1.29 is 14.6 Å². The Morgan fingerprint density at radius 2 is 2.21 bits per heavy atom. The molecule has 1 aromatic rings. The van der Waals surface area contributed by atoms with Crippen LogP contribution < -0.4 is 5.32 Å². The van der Waals surface area contributed by atoms with E-state index in [1.165, 1.54) is 0 Å². The number of ether oxygens (including phenoxy) is 1. The first-order chi connectivity index (χ1) is 9.02. The van der Waals surface area contributed by atoms with Crippen LogP contribution in [0.2, 0.25) is 0 Å². The summed E-state index contributed by atoms with van der Waals surface area (Å²) in [6.45, 7) is 5.55. The number of nitrogens with one attached hydrogen (secondary N) is 1. The van der Waals surface area contributed by atoms with Crippen molar-refractivity contribution >= 4 is 11.6 Å². The number of carbonyl (C=O) groups excluding carboxylic acids is 1. The fourth-order valence-corrected chi connectivity index (χ4v) is 1.46. The molecule has 0 fully saturated rings.